The lowest BCUT2D eigenvalue weighted by Crippen LogP contribution is -2.47. The van der Waals surface area contributed by atoms with Crippen LogP contribution in [-0.4, -0.2) is 29.6 Å². The first-order chi connectivity index (χ1) is 11.8. The second-order valence-electron chi connectivity index (χ2n) is 7.39. The first kappa shape index (κ1) is 15.9. The number of piperidine rings is 1. The molecule has 24 heavy (non-hydrogen) atoms. The summed E-state index contributed by atoms with van der Waals surface area (Å²) >= 11 is 0. The molecule has 0 radical (unpaired) electrons. The van der Waals surface area contributed by atoms with E-state index in [1.54, 1.807) is 0 Å². The quantitative estimate of drug-likeness (QED) is 0.924. The molecule has 0 saturated carbocycles. The van der Waals surface area contributed by atoms with E-state index >= 15 is 0 Å². The summed E-state index contributed by atoms with van der Waals surface area (Å²) in [6.45, 7) is 3.37. The van der Waals surface area contributed by atoms with Crippen molar-refractivity contribution in [1.29, 1.82) is 0 Å². The summed E-state index contributed by atoms with van der Waals surface area (Å²) in [6.07, 6.45) is 6.08. The Labute approximate surface area is 145 Å². The van der Waals surface area contributed by atoms with Crippen LogP contribution in [-0.2, 0) is 12.0 Å². The SMILES string of the molecule is OC1(c2ccccc2)c2ccccc2CCC1CN1CCCCC1. The van der Waals surface area contributed by atoms with Gasteiger partial charge in [-0.15, -0.1) is 0 Å². The van der Waals surface area contributed by atoms with Gasteiger partial charge in [-0.2, -0.15) is 0 Å². The van der Waals surface area contributed by atoms with E-state index in [0.29, 0.717) is 0 Å². The number of hydrogen-bond acceptors (Lipinski definition) is 2. The summed E-state index contributed by atoms with van der Waals surface area (Å²) in [7, 11) is 0. The second kappa shape index (κ2) is 6.70. The van der Waals surface area contributed by atoms with E-state index in [-0.39, 0.29) is 5.92 Å². The normalized spacial score (nSPS) is 27.6. The minimum Gasteiger partial charge on any atom is -0.380 e. The molecule has 1 saturated heterocycles. The van der Waals surface area contributed by atoms with Crippen LogP contribution in [0.4, 0.5) is 0 Å². The maximum atomic E-state index is 12.0. The van der Waals surface area contributed by atoms with Crippen LogP contribution in [0.5, 0.6) is 0 Å². The summed E-state index contributed by atoms with van der Waals surface area (Å²) < 4.78 is 0. The molecule has 1 heterocycles. The highest BCUT2D eigenvalue weighted by molar-refractivity contribution is 5.44. The van der Waals surface area contributed by atoms with Gasteiger partial charge in [-0.25, -0.2) is 0 Å². The first-order valence-electron chi connectivity index (χ1n) is 9.37. The van der Waals surface area contributed by atoms with Crippen molar-refractivity contribution in [3.63, 3.8) is 0 Å². The van der Waals surface area contributed by atoms with Gasteiger partial charge in [0.15, 0.2) is 0 Å². The number of aliphatic hydroxyl groups is 1. The Morgan fingerprint density at radius 3 is 2.42 bits per heavy atom. The predicted molar refractivity (Wildman–Crippen MR) is 98.0 cm³/mol. The van der Waals surface area contributed by atoms with Crippen molar-refractivity contribution in [3.8, 4) is 0 Å². The van der Waals surface area contributed by atoms with Crippen LogP contribution in [0.1, 0.15) is 42.4 Å². The molecule has 2 nitrogen and oxygen atoms in total. The fraction of sp³-hybridized carbons (Fsp3) is 0.455. The molecule has 2 aromatic carbocycles. The molecule has 2 atom stereocenters. The van der Waals surface area contributed by atoms with Crippen LogP contribution in [0.25, 0.3) is 0 Å². The minimum absolute atomic E-state index is 0.257. The fourth-order valence-electron chi connectivity index (χ4n) is 4.63. The van der Waals surface area contributed by atoms with E-state index in [9.17, 15) is 5.11 Å². The van der Waals surface area contributed by atoms with Crippen molar-refractivity contribution in [1.82, 2.24) is 4.90 Å². The highest BCUT2D eigenvalue weighted by atomic mass is 16.3. The fourth-order valence-corrected chi connectivity index (χ4v) is 4.63. The Kier molecular flexibility index (Phi) is 4.43. The number of rotatable bonds is 3. The number of fused-ring (bicyclic) bond motifs is 1. The van der Waals surface area contributed by atoms with E-state index in [4.69, 9.17) is 0 Å². The second-order valence-corrected chi connectivity index (χ2v) is 7.39. The summed E-state index contributed by atoms with van der Waals surface area (Å²) in [5, 5.41) is 12.0. The zero-order valence-electron chi connectivity index (χ0n) is 14.3. The molecule has 1 aliphatic carbocycles. The monoisotopic (exact) mass is 321 g/mol. The maximum Gasteiger partial charge on any atom is 0.119 e. The molecule has 1 fully saturated rings. The highest BCUT2D eigenvalue weighted by Gasteiger charge is 2.44. The van der Waals surface area contributed by atoms with Crippen molar-refractivity contribution >= 4 is 0 Å². The van der Waals surface area contributed by atoms with Crippen molar-refractivity contribution < 1.29 is 5.11 Å². The van der Waals surface area contributed by atoms with E-state index in [1.165, 1.54) is 37.9 Å². The minimum atomic E-state index is -0.868. The maximum absolute atomic E-state index is 12.0. The average molecular weight is 321 g/mol. The Bertz CT molecular complexity index is 677. The zero-order chi connectivity index (χ0) is 16.4. The van der Waals surface area contributed by atoms with Gasteiger partial charge in [0.2, 0.25) is 0 Å². The third-order valence-electron chi connectivity index (χ3n) is 5.92. The largest absolute Gasteiger partial charge is 0.380 e. The van der Waals surface area contributed by atoms with Crippen LogP contribution in [0.15, 0.2) is 54.6 Å². The summed E-state index contributed by atoms with van der Waals surface area (Å²) in [5.41, 5.74) is 2.59. The lowest BCUT2D eigenvalue weighted by atomic mass is 9.68. The lowest BCUT2D eigenvalue weighted by molar-refractivity contribution is -0.0143. The van der Waals surface area contributed by atoms with Gasteiger partial charge in [0.05, 0.1) is 0 Å². The van der Waals surface area contributed by atoms with Crippen LogP contribution in [0.3, 0.4) is 0 Å². The molecule has 1 N–H and O–H groups in total. The number of aryl methyl sites for hydroxylation is 1. The molecule has 2 aromatic rings. The summed E-state index contributed by atoms with van der Waals surface area (Å²) in [6, 6.07) is 18.8. The highest BCUT2D eigenvalue weighted by Crippen LogP contribution is 2.44. The molecule has 0 amide bonds. The standard InChI is InChI=1S/C22H27NO/c24-22(19-10-3-1-4-11-19)20(17-23-15-7-2-8-16-23)14-13-18-9-5-6-12-21(18)22/h1,3-6,9-12,20,24H,2,7-8,13-17H2. The Hall–Kier alpha value is -1.64. The van der Waals surface area contributed by atoms with E-state index in [2.05, 4.69) is 41.3 Å². The zero-order valence-corrected chi connectivity index (χ0v) is 14.3. The summed E-state index contributed by atoms with van der Waals surface area (Å²) in [5.74, 6) is 0.257. The number of nitrogens with zero attached hydrogens (tertiary/aromatic N) is 1. The summed E-state index contributed by atoms with van der Waals surface area (Å²) in [4.78, 5) is 2.57. The first-order valence-corrected chi connectivity index (χ1v) is 9.37. The number of likely N-dealkylation sites (tertiary alicyclic amines) is 1. The Morgan fingerprint density at radius 2 is 1.62 bits per heavy atom. The topological polar surface area (TPSA) is 23.5 Å². The van der Waals surface area contributed by atoms with Gasteiger partial charge in [-0.3, -0.25) is 0 Å². The number of benzene rings is 2. The van der Waals surface area contributed by atoms with Crippen LogP contribution < -0.4 is 0 Å². The van der Waals surface area contributed by atoms with Crippen LogP contribution >= 0.6 is 0 Å². The Balaban J connectivity index is 1.73. The van der Waals surface area contributed by atoms with Gasteiger partial charge in [0.25, 0.3) is 0 Å². The van der Waals surface area contributed by atoms with Crippen molar-refractivity contribution in [2.45, 2.75) is 37.7 Å². The Morgan fingerprint density at radius 1 is 0.917 bits per heavy atom. The molecule has 2 unspecified atom stereocenters. The molecule has 0 aromatic heterocycles. The molecule has 0 spiro atoms. The molecule has 4 rings (SSSR count). The third-order valence-corrected chi connectivity index (χ3v) is 5.92. The van der Waals surface area contributed by atoms with Gasteiger partial charge in [-0.05, 0) is 55.5 Å². The lowest BCUT2D eigenvalue weighted by Gasteiger charge is -2.44. The molecule has 1 aliphatic heterocycles. The van der Waals surface area contributed by atoms with Gasteiger partial charge in [-0.1, -0.05) is 61.0 Å². The van der Waals surface area contributed by atoms with Gasteiger partial charge in [0.1, 0.15) is 5.60 Å². The molecular weight excluding hydrogens is 294 g/mol. The smallest absolute Gasteiger partial charge is 0.119 e. The van der Waals surface area contributed by atoms with Gasteiger partial charge >= 0.3 is 0 Å². The van der Waals surface area contributed by atoms with E-state index in [1.807, 2.05) is 18.2 Å². The van der Waals surface area contributed by atoms with Crippen molar-refractivity contribution in [3.05, 3.63) is 71.3 Å². The third kappa shape index (κ3) is 2.78. The molecule has 0 bridgehead atoms. The van der Waals surface area contributed by atoms with E-state index in [0.717, 1.165) is 30.5 Å². The molecule has 2 heteroatoms. The molecule has 2 aliphatic rings. The average Bonchev–Trinajstić information content (AvgIpc) is 2.66. The van der Waals surface area contributed by atoms with Crippen molar-refractivity contribution in [2.75, 3.05) is 19.6 Å². The van der Waals surface area contributed by atoms with Crippen LogP contribution in [0.2, 0.25) is 0 Å². The molecule has 126 valence electrons. The van der Waals surface area contributed by atoms with Gasteiger partial charge < -0.3 is 10.0 Å². The number of hydrogen-bond donors (Lipinski definition) is 1. The van der Waals surface area contributed by atoms with Crippen LogP contribution in [0, 0.1) is 5.92 Å². The van der Waals surface area contributed by atoms with E-state index < -0.39 is 5.60 Å². The predicted octanol–water partition coefficient (Wildman–Crippen LogP) is 3.97. The molecular formula is C22H27NO. The van der Waals surface area contributed by atoms with Gasteiger partial charge in [0, 0.05) is 12.5 Å². The van der Waals surface area contributed by atoms with Crippen molar-refractivity contribution in [2.24, 2.45) is 5.92 Å².